The van der Waals surface area contributed by atoms with E-state index in [1.165, 1.54) is 4.88 Å². The second-order valence-corrected chi connectivity index (χ2v) is 7.56. The van der Waals surface area contributed by atoms with Gasteiger partial charge in [0.1, 0.15) is 0 Å². The summed E-state index contributed by atoms with van der Waals surface area (Å²) in [6.07, 6.45) is 6.43. The van der Waals surface area contributed by atoms with Crippen molar-refractivity contribution in [2.75, 3.05) is 19.8 Å². The Hall–Kier alpha value is -1.43. The lowest BCUT2D eigenvalue weighted by Crippen LogP contribution is -2.43. The number of carbonyl (C=O) groups is 1. The van der Waals surface area contributed by atoms with Crippen LogP contribution in [-0.4, -0.2) is 36.6 Å². The maximum Gasteiger partial charge on any atom is 0.246 e. The van der Waals surface area contributed by atoms with Gasteiger partial charge < -0.3 is 9.64 Å². The number of hydrogen-bond donors (Lipinski definition) is 0. The van der Waals surface area contributed by atoms with E-state index < -0.39 is 0 Å². The van der Waals surface area contributed by atoms with Crippen molar-refractivity contribution in [3.63, 3.8) is 0 Å². The van der Waals surface area contributed by atoms with Crippen LogP contribution in [0.3, 0.4) is 0 Å². The van der Waals surface area contributed by atoms with Crippen LogP contribution < -0.4 is 0 Å². The van der Waals surface area contributed by atoms with Crippen LogP contribution in [-0.2, 0) is 16.0 Å². The quantitative estimate of drug-likeness (QED) is 0.737. The van der Waals surface area contributed by atoms with Crippen LogP contribution in [0.1, 0.15) is 22.6 Å². The van der Waals surface area contributed by atoms with Crippen molar-refractivity contribution >= 4 is 34.7 Å². The molecular formula is C18H21NO2S2. The molecule has 23 heavy (non-hydrogen) atoms. The largest absolute Gasteiger partial charge is 0.381 e. The molecule has 5 heteroatoms. The second kappa shape index (κ2) is 8.43. The Labute approximate surface area is 145 Å². The van der Waals surface area contributed by atoms with E-state index in [-0.39, 0.29) is 5.91 Å². The van der Waals surface area contributed by atoms with Crippen LogP contribution in [0.2, 0.25) is 0 Å². The third-order valence-corrected chi connectivity index (χ3v) is 5.80. The van der Waals surface area contributed by atoms with Crippen molar-refractivity contribution in [1.29, 1.82) is 0 Å². The Kier molecular flexibility index (Phi) is 6.02. The van der Waals surface area contributed by atoms with Gasteiger partial charge in [0.25, 0.3) is 0 Å². The summed E-state index contributed by atoms with van der Waals surface area (Å²) >= 11 is 3.40. The van der Waals surface area contributed by atoms with Gasteiger partial charge in [-0.15, -0.1) is 22.7 Å². The first-order valence-electron chi connectivity index (χ1n) is 7.95. The number of hydrogen-bond acceptors (Lipinski definition) is 4. The first-order valence-corrected chi connectivity index (χ1v) is 9.71. The molecule has 1 fully saturated rings. The van der Waals surface area contributed by atoms with Crippen molar-refractivity contribution < 1.29 is 9.53 Å². The highest BCUT2D eigenvalue weighted by Crippen LogP contribution is 2.18. The summed E-state index contributed by atoms with van der Waals surface area (Å²) in [6, 6.07) is 8.53. The fraction of sp³-hybridized carbons (Fsp3) is 0.389. The number of nitrogens with zero attached hydrogens (tertiary/aromatic N) is 1. The van der Waals surface area contributed by atoms with Crippen LogP contribution in [0.5, 0.6) is 0 Å². The van der Waals surface area contributed by atoms with Crippen LogP contribution in [0.25, 0.3) is 6.08 Å². The van der Waals surface area contributed by atoms with Gasteiger partial charge in [-0.2, -0.15) is 0 Å². The first kappa shape index (κ1) is 16.4. The normalized spacial score (nSPS) is 16.0. The van der Waals surface area contributed by atoms with Crippen LogP contribution in [0, 0.1) is 0 Å². The molecule has 0 bridgehead atoms. The Morgan fingerprint density at radius 2 is 2.00 bits per heavy atom. The van der Waals surface area contributed by atoms with Gasteiger partial charge in [-0.3, -0.25) is 4.79 Å². The van der Waals surface area contributed by atoms with Crippen LogP contribution in [0.4, 0.5) is 0 Å². The predicted octanol–water partition coefficient (Wildman–Crippen LogP) is 4.07. The fourth-order valence-electron chi connectivity index (χ4n) is 2.79. The molecule has 3 rings (SSSR count). The molecule has 2 aromatic rings. The van der Waals surface area contributed by atoms with Gasteiger partial charge in [0, 0.05) is 41.6 Å². The van der Waals surface area contributed by atoms with Gasteiger partial charge >= 0.3 is 0 Å². The lowest BCUT2D eigenvalue weighted by Gasteiger charge is -2.33. The van der Waals surface area contributed by atoms with Gasteiger partial charge in [-0.25, -0.2) is 0 Å². The highest BCUT2D eigenvalue weighted by Gasteiger charge is 2.24. The Morgan fingerprint density at radius 1 is 1.22 bits per heavy atom. The average molecular weight is 348 g/mol. The summed E-state index contributed by atoms with van der Waals surface area (Å²) in [5.74, 6) is 0.113. The predicted molar refractivity (Wildman–Crippen MR) is 96.9 cm³/mol. The molecule has 3 heterocycles. The zero-order chi connectivity index (χ0) is 15.9. The number of thiophene rings is 2. The smallest absolute Gasteiger partial charge is 0.246 e. The van der Waals surface area contributed by atoms with Crippen molar-refractivity contribution in [2.24, 2.45) is 0 Å². The van der Waals surface area contributed by atoms with Crippen molar-refractivity contribution in [2.45, 2.75) is 25.3 Å². The Morgan fingerprint density at radius 3 is 2.70 bits per heavy atom. The molecule has 1 aliphatic heterocycles. The van der Waals surface area contributed by atoms with Crippen molar-refractivity contribution in [1.82, 2.24) is 4.90 Å². The highest BCUT2D eigenvalue weighted by molar-refractivity contribution is 7.10. The number of rotatable bonds is 6. The zero-order valence-corrected chi connectivity index (χ0v) is 14.7. The van der Waals surface area contributed by atoms with E-state index in [9.17, 15) is 4.79 Å². The molecule has 0 saturated carbocycles. The lowest BCUT2D eigenvalue weighted by atomic mass is 10.1. The van der Waals surface area contributed by atoms with Gasteiger partial charge in [-0.1, -0.05) is 12.1 Å². The summed E-state index contributed by atoms with van der Waals surface area (Å²) in [6.45, 7) is 2.28. The highest BCUT2D eigenvalue weighted by atomic mass is 32.1. The molecule has 0 radical (unpaired) electrons. The van der Waals surface area contributed by atoms with E-state index in [0.29, 0.717) is 6.04 Å². The molecule has 0 unspecified atom stereocenters. The molecule has 2 aromatic heterocycles. The summed E-state index contributed by atoms with van der Waals surface area (Å²) < 4.78 is 5.45. The lowest BCUT2D eigenvalue weighted by molar-refractivity contribution is -0.130. The second-order valence-electron chi connectivity index (χ2n) is 5.55. The summed E-state index contributed by atoms with van der Waals surface area (Å²) in [5.41, 5.74) is 0. The van der Waals surface area contributed by atoms with Crippen molar-refractivity contribution in [3.05, 3.63) is 50.9 Å². The molecule has 1 amide bonds. The van der Waals surface area contributed by atoms with Gasteiger partial charge in [0.05, 0.1) is 0 Å². The minimum absolute atomic E-state index is 0.113. The van der Waals surface area contributed by atoms with E-state index in [2.05, 4.69) is 17.5 Å². The molecule has 0 N–H and O–H groups in total. The molecule has 0 aromatic carbocycles. The van der Waals surface area contributed by atoms with E-state index in [1.54, 1.807) is 28.7 Å². The van der Waals surface area contributed by atoms with E-state index in [4.69, 9.17) is 4.74 Å². The van der Waals surface area contributed by atoms with Crippen LogP contribution in [0.15, 0.2) is 41.1 Å². The van der Waals surface area contributed by atoms with Crippen LogP contribution >= 0.6 is 22.7 Å². The first-order chi connectivity index (χ1) is 11.3. The summed E-state index contributed by atoms with van der Waals surface area (Å²) in [4.78, 5) is 17.2. The molecule has 0 atom stereocenters. The molecule has 0 spiro atoms. The number of amides is 1. The topological polar surface area (TPSA) is 29.5 Å². The third-order valence-electron chi connectivity index (χ3n) is 4.03. The summed E-state index contributed by atoms with van der Waals surface area (Å²) in [5, 5.41) is 4.11. The molecule has 3 nitrogen and oxygen atoms in total. The van der Waals surface area contributed by atoms with Gasteiger partial charge in [0.15, 0.2) is 0 Å². The van der Waals surface area contributed by atoms with E-state index >= 15 is 0 Å². The standard InChI is InChI=1S/C18H21NO2S2/c20-18(6-5-16-3-1-13-22-16)19(15-8-11-21-12-9-15)10-7-17-4-2-14-23-17/h1-6,13-15H,7-12H2. The third kappa shape index (κ3) is 4.77. The molecule has 122 valence electrons. The molecule has 1 aliphatic rings. The minimum atomic E-state index is 0.113. The zero-order valence-electron chi connectivity index (χ0n) is 13.0. The maximum atomic E-state index is 12.7. The van der Waals surface area contributed by atoms with Gasteiger partial charge in [0.2, 0.25) is 5.91 Å². The molecule has 1 saturated heterocycles. The minimum Gasteiger partial charge on any atom is -0.381 e. The van der Waals surface area contributed by atoms with Gasteiger partial charge in [-0.05, 0) is 48.2 Å². The van der Waals surface area contributed by atoms with E-state index in [0.717, 1.165) is 43.9 Å². The Bertz CT molecular complexity index is 614. The SMILES string of the molecule is O=C(C=Cc1cccs1)N(CCc1cccs1)C1CCOCC1. The molecule has 0 aliphatic carbocycles. The fourth-order valence-corrected chi connectivity index (χ4v) is 4.11. The average Bonchev–Trinajstić information content (AvgIpc) is 3.28. The maximum absolute atomic E-state index is 12.7. The number of carbonyl (C=O) groups excluding carboxylic acids is 1. The van der Waals surface area contributed by atoms with Crippen molar-refractivity contribution in [3.8, 4) is 0 Å². The monoisotopic (exact) mass is 347 g/mol. The summed E-state index contributed by atoms with van der Waals surface area (Å²) in [7, 11) is 0. The Balaban J connectivity index is 1.66. The number of ether oxygens (including phenoxy) is 1. The van der Waals surface area contributed by atoms with E-state index in [1.807, 2.05) is 28.5 Å². The molecular weight excluding hydrogens is 326 g/mol.